The van der Waals surface area contributed by atoms with Crippen LogP contribution in [0.4, 0.5) is 0 Å². The SMILES string of the molecule is CC(C)=CC(=O)C[C@](C)(O)[C@H]1CC[C@H]2[C@@H]3C[C@H](O[C@@H]4O[C@H](C)[C@@H](O)[C@H](O[C@@H]5OC[C@@H](O[C@@H]6O[C@H](CO)[C@@H](O)[C@H](O)[C@H]6O[C@@H]6O[C@H](C)[C@H](O)[C@H](O)[C@H]6O)[C@H](O)[C@H]5O[C@@H]5O[C@H](C)[C@@H](O)[C@H](O)[C@H]5O)[C@H]4O)[C@H]4C[C@@H](OS(=O)(=O)O)CC[C@]4(C)C3=CC[C@@]21C. The molecule has 8 fully saturated rings. The highest BCUT2D eigenvalue weighted by Crippen LogP contribution is 2.67. The highest BCUT2D eigenvalue weighted by Gasteiger charge is 2.64. The molecule has 0 aromatic heterocycles. The van der Waals surface area contributed by atoms with E-state index in [2.05, 4.69) is 19.9 Å². The van der Waals surface area contributed by atoms with E-state index in [1.165, 1.54) is 26.8 Å². The summed E-state index contributed by atoms with van der Waals surface area (Å²) in [4.78, 5) is 13.1. The average molecular weight is 1240 g/mol. The van der Waals surface area contributed by atoms with Gasteiger partial charge in [0.15, 0.2) is 37.2 Å². The lowest BCUT2D eigenvalue weighted by molar-refractivity contribution is -0.398. The first-order valence-corrected chi connectivity index (χ1v) is 30.9. The van der Waals surface area contributed by atoms with Crippen LogP contribution in [0.1, 0.15) is 107 Å². The summed E-state index contributed by atoms with van der Waals surface area (Å²) < 4.78 is 100. The van der Waals surface area contributed by atoms with Crippen molar-refractivity contribution in [2.45, 2.75) is 272 Å². The molecule has 9 rings (SSSR count). The van der Waals surface area contributed by atoms with Crippen molar-refractivity contribution in [1.29, 1.82) is 0 Å². The van der Waals surface area contributed by atoms with E-state index in [9.17, 15) is 84.1 Å². The Morgan fingerprint density at radius 2 is 1.20 bits per heavy atom. The number of aliphatic hydroxyl groups excluding tert-OH is 12. The Labute approximate surface area is 493 Å². The Morgan fingerprint density at radius 1 is 0.647 bits per heavy atom. The summed E-state index contributed by atoms with van der Waals surface area (Å²) in [5.41, 5.74) is -0.524. The molecular weight excluding hydrogens is 1150 g/mol. The van der Waals surface area contributed by atoms with Crippen LogP contribution >= 0.6 is 0 Å². The van der Waals surface area contributed by atoms with Crippen molar-refractivity contribution in [3.8, 4) is 0 Å². The van der Waals surface area contributed by atoms with Gasteiger partial charge in [-0.25, -0.2) is 4.18 Å². The molecule has 3 saturated carbocycles. The fraction of sp³-hybridized carbons (Fsp3) is 0.911. The summed E-state index contributed by atoms with van der Waals surface area (Å²) in [5.74, 6) is -1.15. The minimum atomic E-state index is -4.89. The van der Waals surface area contributed by atoms with Crippen molar-refractivity contribution < 1.29 is 136 Å². The molecule has 28 nitrogen and oxygen atoms in total. The van der Waals surface area contributed by atoms with Crippen molar-refractivity contribution in [2.24, 2.45) is 34.5 Å². The predicted octanol–water partition coefficient (Wildman–Crippen LogP) is -2.76. The van der Waals surface area contributed by atoms with E-state index in [0.29, 0.717) is 32.1 Å². The fourth-order valence-corrected chi connectivity index (χ4v) is 16.1. The topological polar surface area (TPSA) is 436 Å². The third-order valence-electron chi connectivity index (χ3n) is 20.1. The Morgan fingerprint density at radius 3 is 1.78 bits per heavy atom. The monoisotopic (exact) mass is 1240 g/mol. The molecule has 0 radical (unpaired) electrons. The van der Waals surface area contributed by atoms with Gasteiger partial charge >= 0.3 is 10.4 Å². The molecule has 5 saturated heterocycles. The van der Waals surface area contributed by atoms with E-state index in [0.717, 1.165) is 11.1 Å². The van der Waals surface area contributed by atoms with Crippen LogP contribution in [0, 0.1) is 34.5 Å². The van der Waals surface area contributed by atoms with Gasteiger partial charge in [-0.15, -0.1) is 0 Å². The van der Waals surface area contributed by atoms with Gasteiger partial charge in [0, 0.05) is 6.42 Å². The normalized spacial score (nSPS) is 51.1. The number of hydrogen-bond acceptors (Lipinski definition) is 27. The number of ketones is 1. The molecule has 14 N–H and O–H groups in total. The number of allylic oxidation sites excluding steroid dienone is 4. The van der Waals surface area contributed by atoms with Crippen molar-refractivity contribution >= 4 is 16.2 Å². The Bertz CT molecular complexity index is 2480. The maximum atomic E-state index is 13.1. The second-order valence-electron chi connectivity index (χ2n) is 26.2. The van der Waals surface area contributed by atoms with Gasteiger partial charge in [0.2, 0.25) is 0 Å². The van der Waals surface area contributed by atoms with Gasteiger partial charge in [-0.1, -0.05) is 31.1 Å². The molecule has 0 aromatic rings. The molecule has 85 heavy (non-hydrogen) atoms. The van der Waals surface area contributed by atoms with E-state index in [1.807, 2.05) is 13.8 Å². The van der Waals surface area contributed by atoms with Crippen LogP contribution < -0.4 is 0 Å². The lowest BCUT2D eigenvalue weighted by Crippen LogP contribution is -2.67. The highest BCUT2D eigenvalue weighted by atomic mass is 32.3. The first kappa shape index (κ1) is 67.5. The molecule has 29 heteroatoms. The van der Waals surface area contributed by atoms with E-state index in [-0.39, 0.29) is 42.8 Å². The molecule has 33 atom stereocenters. The molecule has 0 unspecified atom stereocenters. The number of carbonyl (C=O) groups excluding carboxylic acids is 1. The number of rotatable bonds is 17. The molecule has 0 spiro atoms. The first-order chi connectivity index (χ1) is 39.7. The van der Waals surface area contributed by atoms with Crippen molar-refractivity contribution in [2.75, 3.05) is 13.2 Å². The standard InChI is InChI=1S/C56H90O28S/c1-21(2)15-25(58)18-56(8,70)34-10-9-28-27-17-31(30-16-26(84-85(71,72)73)11-13-54(30,6)29(27)12-14-55(28,34)7)78-51-45(69)46(37(61)24(5)77-51)81-52-47(82-49-43(67)40(64)35(59)22(3)75-49)39(63)33(20-74-52)80-53-48(42(66)38(62)32(19-57)79-53)83-50-44(68)41(65)36(60)23(4)76-50/h12,15,22-24,26-28,30-53,57,59-70H,9-11,13-14,16-20H2,1-8H3,(H,71,72,73)/t22-,23-,24-,26+,27+,28+,30-,31+,32-,33-,34+,35-,36+,37-,38-,39+,40+,41+,42+,43-,44-,45-,46+,47-,48-,49+,50+,51+,52+,53+,54-,55+,56+/m1/s1. The molecule has 488 valence electrons. The van der Waals surface area contributed by atoms with Gasteiger partial charge in [0.1, 0.15) is 97.7 Å². The number of hydrogen-bond donors (Lipinski definition) is 14. The molecular formula is C56H90O28S. The highest BCUT2D eigenvalue weighted by molar-refractivity contribution is 7.80. The lowest BCUT2D eigenvalue weighted by atomic mass is 9.47. The lowest BCUT2D eigenvalue weighted by Gasteiger charge is -2.60. The molecule has 4 aliphatic carbocycles. The minimum Gasteiger partial charge on any atom is -0.394 e. The first-order valence-electron chi connectivity index (χ1n) is 29.6. The van der Waals surface area contributed by atoms with Gasteiger partial charge in [0.25, 0.3) is 0 Å². The molecule has 9 aliphatic rings. The number of aliphatic hydroxyl groups is 13. The quantitative estimate of drug-likeness (QED) is 0.0399. The van der Waals surface area contributed by atoms with Crippen molar-refractivity contribution in [1.82, 2.24) is 0 Å². The Balaban J connectivity index is 0.985. The molecule has 0 amide bonds. The van der Waals surface area contributed by atoms with Crippen LogP contribution in [0.15, 0.2) is 23.3 Å². The van der Waals surface area contributed by atoms with Gasteiger partial charge in [0.05, 0.1) is 49.3 Å². The second kappa shape index (κ2) is 26.0. The van der Waals surface area contributed by atoms with Crippen molar-refractivity contribution in [3.63, 3.8) is 0 Å². The Kier molecular flexibility index (Phi) is 20.6. The number of carbonyl (C=O) groups is 1. The second-order valence-corrected chi connectivity index (χ2v) is 27.3. The predicted molar refractivity (Wildman–Crippen MR) is 286 cm³/mol. The number of ether oxygens (including phenoxy) is 10. The van der Waals surface area contributed by atoms with Crippen LogP contribution in [0.25, 0.3) is 0 Å². The van der Waals surface area contributed by atoms with Gasteiger partial charge in [-0.05, 0) is 127 Å². The molecule has 5 aliphatic heterocycles. The maximum Gasteiger partial charge on any atom is 0.397 e. The van der Waals surface area contributed by atoms with E-state index >= 15 is 0 Å². The summed E-state index contributed by atoms with van der Waals surface area (Å²) in [6, 6.07) is 0. The summed E-state index contributed by atoms with van der Waals surface area (Å²) in [5, 5.41) is 145. The van der Waals surface area contributed by atoms with E-state index in [4.69, 9.17) is 51.6 Å². The van der Waals surface area contributed by atoms with Crippen LogP contribution in [-0.4, -0.2) is 264 Å². The fourth-order valence-electron chi connectivity index (χ4n) is 15.6. The van der Waals surface area contributed by atoms with Gasteiger partial charge in [-0.2, -0.15) is 8.42 Å². The third kappa shape index (κ3) is 13.4. The largest absolute Gasteiger partial charge is 0.397 e. The molecule has 5 heterocycles. The summed E-state index contributed by atoms with van der Waals surface area (Å²) in [6.07, 6.45) is -36.1. The van der Waals surface area contributed by atoms with Crippen LogP contribution in [0.5, 0.6) is 0 Å². The summed E-state index contributed by atoms with van der Waals surface area (Å²) in [6.45, 7) is 12.2. The number of fused-ring (bicyclic) bond motifs is 5. The smallest absolute Gasteiger partial charge is 0.394 e. The zero-order chi connectivity index (χ0) is 62.3. The molecule has 0 aromatic carbocycles. The minimum absolute atomic E-state index is 0.0200. The van der Waals surface area contributed by atoms with Gasteiger partial charge < -0.3 is 114 Å². The summed E-state index contributed by atoms with van der Waals surface area (Å²) >= 11 is 0. The maximum absolute atomic E-state index is 13.1. The van der Waals surface area contributed by atoms with E-state index < -0.39 is 206 Å². The molecule has 0 bridgehead atoms. The zero-order valence-corrected chi connectivity index (χ0v) is 49.7. The van der Waals surface area contributed by atoms with Crippen LogP contribution in [-0.2, 0) is 66.7 Å². The Hall–Kier alpha value is -1.90. The van der Waals surface area contributed by atoms with Crippen LogP contribution in [0.3, 0.4) is 0 Å². The van der Waals surface area contributed by atoms with E-state index in [1.54, 1.807) is 6.92 Å². The van der Waals surface area contributed by atoms with Crippen LogP contribution in [0.2, 0.25) is 0 Å². The third-order valence-corrected chi connectivity index (χ3v) is 20.6. The van der Waals surface area contributed by atoms with Gasteiger partial charge in [-0.3, -0.25) is 9.35 Å². The summed E-state index contributed by atoms with van der Waals surface area (Å²) in [7, 11) is -4.89. The van der Waals surface area contributed by atoms with Crippen molar-refractivity contribution in [3.05, 3.63) is 23.3 Å². The average Bonchev–Trinajstić information content (AvgIpc) is 1.71. The zero-order valence-electron chi connectivity index (χ0n) is 48.9.